The lowest BCUT2D eigenvalue weighted by molar-refractivity contribution is 0.0786. The zero-order valence-electron chi connectivity index (χ0n) is 9.75. The molecule has 2 aromatic rings. The van der Waals surface area contributed by atoms with E-state index in [1.165, 1.54) is 0 Å². The van der Waals surface area contributed by atoms with E-state index in [0.717, 1.165) is 0 Å². The molecule has 1 aromatic carbocycles. The van der Waals surface area contributed by atoms with E-state index in [9.17, 15) is 5.11 Å². The number of benzene rings is 1. The summed E-state index contributed by atoms with van der Waals surface area (Å²) in [5, 5.41) is 23.0. The molecule has 0 aliphatic rings. The fourth-order valence-corrected chi connectivity index (χ4v) is 1.54. The third-order valence-corrected chi connectivity index (χ3v) is 2.56. The molecule has 0 unspecified atom stereocenters. The maximum Gasteiger partial charge on any atom is 0.101 e. The summed E-state index contributed by atoms with van der Waals surface area (Å²) >= 11 is 0. The standard InChI is InChI=1S/C13H13N3O/c1-13(2,17)11-8-15-16(9-11)12-6-4-3-5-10(12)7-14/h3-6,8-9,17H,1-2H3. The third kappa shape index (κ3) is 2.19. The van der Waals surface area contributed by atoms with E-state index in [0.29, 0.717) is 16.8 Å². The second-order valence-electron chi connectivity index (χ2n) is 4.36. The molecule has 0 saturated carbocycles. The van der Waals surface area contributed by atoms with Crippen LogP contribution in [0.5, 0.6) is 0 Å². The van der Waals surface area contributed by atoms with Crippen LogP contribution in [-0.4, -0.2) is 14.9 Å². The van der Waals surface area contributed by atoms with Crippen LogP contribution in [0.25, 0.3) is 5.69 Å². The first-order valence-corrected chi connectivity index (χ1v) is 5.29. The Morgan fingerprint density at radius 3 is 2.65 bits per heavy atom. The Balaban J connectivity index is 2.49. The highest BCUT2D eigenvalue weighted by atomic mass is 16.3. The highest BCUT2D eigenvalue weighted by Crippen LogP contribution is 2.21. The lowest BCUT2D eigenvalue weighted by atomic mass is 10.0. The molecular formula is C13H13N3O. The maximum atomic E-state index is 9.86. The summed E-state index contributed by atoms with van der Waals surface area (Å²) in [6.07, 6.45) is 3.34. The molecule has 0 saturated heterocycles. The van der Waals surface area contributed by atoms with Crippen molar-refractivity contribution in [1.82, 2.24) is 9.78 Å². The van der Waals surface area contributed by atoms with E-state index in [-0.39, 0.29) is 0 Å². The molecule has 0 aliphatic heterocycles. The van der Waals surface area contributed by atoms with E-state index in [4.69, 9.17) is 5.26 Å². The highest BCUT2D eigenvalue weighted by molar-refractivity contribution is 5.48. The van der Waals surface area contributed by atoms with Crippen molar-refractivity contribution >= 4 is 0 Å². The van der Waals surface area contributed by atoms with Gasteiger partial charge < -0.3 is 5.11 Å². The van der Waals surface area contributed by atoms with Gasteiger partial charge in [-0.2, -0.15) is 10.4 Å². The Morgan fingerprint density at radius 2 is 2.06 bits per heavy atom. The molecule has 86 valence electrons. The Hall–Kier alpha value is -2.12. The van der Waals surface area contributed by atoms with Crippen LogP contribution in [0.15, 0.2) is 36.7 Å². The third-order valence-electron chi connectivity index (χ3n) is 2.56. The average molecular weight is 227 g/mol. The average Bonchev–Trinajstić information content (AvgIpc) is 2.77. The van der Waals surface area contributed by atoms with Gasteiger partial charge in [0.1, 0.15) is 6.07 Å². The summed E-state index contributed by atoms with van der Waals surface area (Å²) < 4.78 is 1.60. The van der Waals surface area contributed by atoms with E-state index in [1.807, 2.05) is 18.2 Å². The molecule has 0 amide bonds. The molecule has 1 aromatic heterocycles. The van der Waals surface area contributed by atoms with Crippen molar-refractivity contribution in [2.24, 2.45) is 0 Å². The van der Waals surface area contributed by atoms with Gasteiger partial charge in [-0.15, -0.1) is 0 Å². The van der Waals surface area contributed by atoms with Crippen molar-refractivity contribution in [2.45, 2.75) is 19.4 Å². The molecular weight excluding hydrogens is 214 g/mol. The Bertz CT molecular complexity index is 573. The van der Waals surface area contributed by atoms with Crippen molar-refractivity contribution in [3.63, 3.8) is 0 Å². The fraction of sp³-hybridized carbons (Fsp3) is 0.231. The Labute approximate surface area is 99.7 Å². The van der Waals surface area contributed by atoms with Crippen LogP contribution in [0.4, 0.5) is 0 Å². The van der Waals surface area contributed by atoms with Gasteiger partial charge in [-0.05, 0) is 26.0 Å². The van der Waals surface area contributed by atoms with Gasteiger partial charge in [0, 0.05) is 11.8 Å². The molecule has 4 nitrogen and oxygen atoms in total. The van der Waals surface area contributed by atoms with E-state index in [2.05, 4.69) is 11.2 Å². The zero-order chi connectivity index (χ0) is 12.5. The fourth-order valence-electron chi connectivity index (χ4n) is 1.54. The number of hydrogen-bond donors (Lipinski definition) is 1. The minimum Gasteiger partial charge on any atom is -0.386 e. The van der Waals surface area contributed by atoms with Crippen LogP contribution in [0.2, 0.25) is 0 Å². The van der Waals surface area contributed by atoms with Gasteiger partial charge in [-0.1, -0.05) is 12.1 Å². The van der Waals surface area contributed by atoms with Crippen molar-refractivity contribution in [1.29, 1.82) is 5.26 Å². The molecule has 1 heterocycles. The van der Waals surface area contributed by atoms with Gasteiger partial charge in [-0.25, -0.2) is 4.68 Å². The summed E-state index contributed by atoms with van der Waals surface area (Å²) in [7, 11) is 0. The van der Waals surface area contributed by atoms with Crippen molar-refractivity contribution in [3.05, 3.63) is 47.8 Å². The molecule has 2 rings (SSSR count). The van der Waals surface area contributed by atoms with Gasteiger partial charge in [0.15, 0.2) is 0 Å². The Morgan fingerprint density at radius 1 is 1.35 bits per heavy atom. The molecule has 0 spiro atoms. The molecule has 0 fully saturated rings. The van der Waals surface area contributed by atoms with Crippen LogP contribution in [0, 0.1) is 11.3 Å². The second kappa shape index (κ2) is 4.04. The summed E-state index contributed by atoms with van der Waals surface area (Å²) in [4.78, 5) is 0. The lowest BCUT2D eigenvalue weighted by Gasteiger charge is -2.13. The first-order valence-electron chi connectivity index (χ1n) is 5.29. The first kappa shape index (κ1) is 11.4. The summed E-state index contributed by atoms with van der Waals surface area (Å²) in [5.41, 5.74) is 1.05. The van der Waals surface area contributed by atoms with Gasteiger partial charge >= 0.3 is 0 Å². The highest BCUT2D eigenvalue weighted by Gasteiger charge is 2.18. The predicted molar refractivity (Wildman–Crippen MR) is 63.5 cm³/mol. The lowest BCUT2D eigenvalue weighted by Crippen LogP contribution is -2.14. The number of aromatic nitrogens is 2. The topological polar surface area (TPSA) is 61.8 Å². The minimum atomic E-state index is -0.931. The van der Waals surface area contributed by atoms with Gasteiger partial charge in [0.05, 0.1) is 23.0 Å². The van der Waals surface area contributed by atoms with Crippen LogP contribution in [0.1, 0.15) is 25.0 Å². The quantitative estimate of drug-likeness (QED) is 0.853. The number of nitriles is 1. The van der Waals surface area contributed by atoms with Crippen LogP contribution in [0.3, 0.4) is 0 Å². The molecule has 4 heteroatoms. The molecule has 17 heavy (non-hydrogen) atoms. The summed E-state index contributed by atoms with van der Waals surface area (Å²) in [6.45, 7) is 3.40. The van der Waals surface area contributed by atoms with Gasteiger partial charge in [0.25, 0.3) is 0 Å². The van der Waals surface area contributed by atoms with Gasteiger partial charge in [-0.3, -0.25) is 0 Å². The molecule has 0 radical (unpaired) electrons. The minimum absolute atomic E-state index is 0.554. The largest absolute Gasteiger partial charge is 0.386 e. The van der Waals surface area contributed by atoms with Crippen molar-refractivity contribution < 1.29 is 5.11 Å². The zero-order valence-corrected chi connectivity index (χ0v) is 9.75. The molecule has 1 N–H and O–H groups in total. The molecule has 0 aliphatic carbocycles. The number of nitrogens with zero attached hydrogens (tertiary/aromatic N) is 3. The van der Waals surface area contributed by atoms with Crippen molar-refractivity contribution in [2.75, 3.05) is 0 Å². The van der Waals surface area contributed by atoms with E-state index >= 15 is 0 Å². The SMILES string of the molecule is CC(C)(O)c1cnn(-c2ccccc2C#N)c1. The smallest absolute Gasteiger partial charge is 0.101 e. The normalized spacial score (nSPS) is 11.2. The maximum absolute atomic E-state index is 9.86. The number of para-hydroxylation sites is 1. The molecule has 0 bridgehead atoms. The predicted octanol–water partition coefficient (Wildman–Crippen LogP) is 1.97. The van der Waals surface area contributed by atoms with E-state index in [1.54, 1.807) is 37.0 Å². The summed E-state index contributed by atoms with van der Waals surface area (Å²) in [6, 6.07) is 9.33. The first-order chi connectivity index (χ1) is 8.02. The number of aliphatic hydroxyl groups is 1. The summed E-state index contributed by atoms with van der Waals surface area (Å²) in [5.74, 6) is 0. The van der Waals surface area contributed by atoms with Crippen LogP contribution >= 0.6 is 0 Å². The van der Waals surface area contributed by atoms with Crippen LogP contribution in [-0.2, 0) is 5.60 Å². The van der Waals surface area contributed by atoms with E-state index < -0.39 is 5.60 Å². The van der Waals surface area contributed by atoms with Crippen molar-refractivity contribution in [3.8, 4) is 11.8 Å². The number of rotatable bonds is 2. The molecule has 0 atom stereocenters. The monoisotopic (exact) mass is 227 g/mol. The number of hydrogen-bond acceptors (Lipinski definition) is 3. The Kier molecular flexibility index (Phi) is 2.70. The van der Waals surface area contributed by atoms with Crippen LogP contribution < -0.4 is 0 Å². The second-order valence-corrected chi connectivity index (χ2v) is 4.36. The van der Waals surface area contributed by atoms with Gasteiger partial charge in [0.2, 0.25) is 0 Å².